The Balaban J connectivity index is 1.58. The molecule has 17 nitrogen and oxygen atoms in total. The average molecular weight is 949 g/mol. The summed E-state index contributed by atoms with van der Waals surface area (Å²) in [4.78, 5) is 109. The van der Waals surface area contributed by atoms with Crippen LogP contribution in [0.4, 0.5) is 0 Å². The Hall–Kier alpha value is -5.07. The van der Waals surface area contributed by atoms with Crippen molar-refractivity contribution >= 4 is 58.2 Å². The molecule has 4 aliphatic rings. The third-order valence-electron chi connectivity index (χ3n) is 12.8. The standard InChI is InChI=1S/C49H72N8O9S/c1-12-48(8,9)65-26-33-40(58)50-32(25-31-19-15-14-16-20-31)45-52-34(27-67-45)41(59)55-39(30(7)66-49(10,11)13-2)44(62)54-38(29(5)6)47(64)57-24-18-22-36(57)43(61)53-37(28(3)4)46(63)56-23-17-21-35(56)42(60)51-33/h12-16,19-20,28-30,32-39H,1-2,17-18,21-27H2,3-11H3,(H,50,58)(H,51,60)(H,53,61)(H,54,62)(H,55,59). The van der Waals surface area contributed by atoms with E-state index in [1.54, 1.807) is 74.5 Å². The molecular formula is C49H72N8O9S. The fourth-order valence-corrected chi connectivity index (χ4v) is 9.67. The summed E-state index contributed by atoms with van der Waals surface area (Å²) in [6.07, 6.45) is 4.19. The molecule has 5 rings (SSSR count). The lowest BCUT2D eigenvalue weighted by Crippen LogP contribution is -2.62. The highest BCUT2D eigenvalue weighted by molar-refractivity contribution is 8.14. The lowest BCUT2D eigenvalue weighted by molar-refractivity contribution is -0.146. The first kappa shape index (κ1) is 52.9. The van der Waals surface area contributed by atoms with Gasteiger partial charge in [-0.05, 0) is 84.1 Å². The van der Waals surface area contributed by atoms with E-state index in [4.69, 9.17) is 14.5 Å². The lowest BCUT2D eigenvalue weighted by Gasteiger charge is -2.35. The van der Waals surface area contributed by atoms with Crippen molar-refractivity contribution in [3.63, 3.8) is 0 Å². The van der Waals surface area contributed by atoms with Crippen molar-refractivity contribution < 1.29 is 43.0 Å². The number of carbonyl (C=O) groups excluding carboxylic acids is 7. The number of thioether (sulfide) groups is 1. The van der Waals surface area contributed by atoms with Crippen LogP contribution in [0.25, 0.3) is 0 Å². The number of rotatable bonds is 12. The van der Waals surface area contributed by atoms with Gasteiger partial charge in [-0.3, -0.25) is 38.6 Å². The number of amides is 7. The monoisotopic (exact) mass is 949 g/mol. The summed E-state index contributed by atoms with van der Waals surface area (Å²) < 4.78 is 12.4. The van der Waals surface area contributed by atoms with Gasteiger partial charge in [0.2, 0.25) is 41.4 Å². The Morgan fingerprint density at radius 3 is 1.73 bits per heavy atom. The van der Waals surface area contributed by atoms with E-state index in [1.807, 2.05) is 30.3 Å². The minimum Gasteiger partial charge on any atom is -0.369 e. The molecule has 0 aliphatic carbocycles. The van der Waals surface area contributed by atoms with Crippen LogP contribution in [-0.2, 0) is 49.5 Å². The topological polar surface area (TPSA) is 217 Å². The van der Waals surface area contributed by atoms with Crippen LogP contribution in [0, 0.1) is 11.8 Å². The van der Waals surface area contributed by atoms with Crippen LogP contribution >= 0.6 is 11.8 Å². The summed E-state index contributed by atoms with van der Waals surface area (Å²) in [6, 6.07) is 1.14. The zero-order valence-corrected chi connectivity index (χ0v) is 41.4. The SMILES string of the molecule is C=CC(C)(C)OCC1NC(=O)C2CCCN2C(=O)C(C(C)C)NC(=O)C2CCCN2C(=O)C(C(C)C)NC(=O)C(C(C)OC(C)(C)C=C)NC(=O)C2CSC(=N2)C(Cc2ccccc2)NC1=O. The van der Waals surface area contributed by atoms with Gasteiger partial charge in [-0.2, -0.15) is 0 Å². The van der Waals surface area contributed by atoms with Gasteiger partial charge in [-0.25, -0.2) is 0 Å². The lowest BCUT2D eigenvalue weighted by atomic mass is 9.99. The van der Waals surface area contributed by atoms with Crippen molar-refractivity contribution in [2.75, 3.05) is 25.4 Å². The first-order chi connectivity index (χ1) is 31.6. The molecule has 0 spiro atoms. The molecule has 1 aromatic rings. The average Bonchev–Trinajstić information content (AvgIpc) is 4.09. The van der Waals surface area contributed by atoms with E-state index in [2.05, 4.69) is 39.7 Å². The van der Waals surface area contributed by atoms with Crippen molar-refractivity contribution in [3.05, 3.63) is 61.2 Å². The number of aliphatic imine (C=N–C) groups is 1. The van der Waals surface area contributed by atoms with Gasteiger partial charge in [-0.1, -0.05) is 70.2 Å². The van der Waals surface area contributed by atoms with E-state index < -0.39 is 119 Å². The minimum absolute atomic E-state index is 0.190. The van der Waals surface area contributed by atoms with Crippen LogP contribution < -0.4 is 26.6 Å². The summed E-state index contributed by atoms with van der Waals surface area (Å²) >= 11 is 1.29. The highest BCUT2D eigenvalue weighted by atomic mass is 32.2. The van der Waals surface area contributed by atoms with Crippen molar-refractivity contribution in [3.8, 4) is 0 Å². The molecule has 5 N–H and O–H groups in total. The molecule has 67 heavy (non-hydrogen) atoms. The molecule has 18 heteroatoms. The van der Waals surface area contributed by atoms with Crippen LogP contribution in [0.5, 0.6) is 0 Å². The Bertz CT molecular complexity index is 2040. The maximum Gasteiger partial charge on any atom is 0.246 e. The van der Waals surface area contributed by atoms with Gasteiger partial charge < -0.3 is 45.9 Å². The van der Waals surface area contributed by atoms with Crippen molar-refractivity contribution in [1.82, 2.24) is 36.4 Å². The number of ether oxygens (including phenoxy) is 2. The van der Waals surface area contributed by atoms with E-state index in [0.29, 0.717) is 30.7 Å². The van der Waals surface area contributed by atoms with Crippen LogP contribution in [-0.4, -0.2) is 147 Å². The van der Waals surface area contributed by atoms with Gasteiger partial charge in [-0.15, -0.1) is 24.9 Å². The second kappa shape index (κ2) is 22.8. The third kappa shape index (κ3) is 13.6. The van der Waals surface area contributed by atoms with E-state index in [-0.39, 0.29) is 31.9 Å². The Labute approximate surface area is 399 Å². The second-order valence-electron chi connectivity index (χ2n) is 19.7. The quantitative estimate of drug-likeness (QED) is 0.193. The molecule has 9 unspecified atom stereocenters. The smallest absolute Gasteiger partial charge is 0.246 e. The molecule has 9 atom stereocenters. The maximum atomic E-state index is 14.5. The van der Waals surface area contributed by atoms with Crippen LogP contribution in [0.3, 0.4) is 0 Å². The fraction of sp³-hybridized carbons (Fsp3) is 0.633. The Morgan fingerprint density at radius 1 is 0.687 bits per heavy atom. The molecular weight excluding hydrogens is 877 g/mol. The molecule has 368 valence electrons. The molecule has 2 bridgehead atoms. The maximum absolute atomic E-state index is 14.5. The van der Waals surface area contributed by atoms with Crippen LogP contribution in [0.15, 0.2) is 60.6 Å². The number of fused-ring (bicyclic) bond motifs is 3. The number of nitrogens with one attached hydrogen (secondary N) is 5. The molecule has 0 saturated carbocycles. The van der Waals surface area contributed by atoms with Crippen molar-refractivity contribution in [2.45, 2.75) is 160 Å². The second-order valence-corrected chi connectivity index (χ2v) is 20.7. The number of hydrogen-bond donors (Lipinski definition) is 5. The molecule has 2 saturated heterocycles. The predicted octanol–water partition coefficient (Wildman–Crippen LogP) is 2.83. The fourth-order valence-electron chi connectivity index (χ4n) is 8.57. The van der Waals surface area contributed by atoms with Gasteiger partial charge in [0.25, 0.3) is 0 Å². The van der Waals surface area contributed by atoms with Gasteiger partial charge in [0, 0.05) is 18.8 Å². The van der Waals surface area contributed by atoms with Gasteiger partial charge in [0.05, 0.1) is 35.0 Å². The summed E-state index contributed by atoms with van der Waals surface area (Å²) in [5.41, 5.74) is -0.903. The highest BCUT2D eigenvalue weighted by Crippen LogP contribution is 2.27. The highest BCUT2D eigenvalue weighted by Gasteiger charge is 2.45. The number of hydrogen-bond acceptors (Lipinski definition) is 11. The molecule has 0 aromatic heterocycles. The summed E-state index contributed by atoms with van der Waals surface area (Å²) in [6.45, 7) is 23.8. The molecule has 2 fully saturated rings. The van der Waals surface area contributed by atoms with E-state index in [1.165, 1.54) is 21.6 Å². The van der Waals surface area contributed by atoms with E-state index in [9.17, 15) is 33.6 Å². The van der Waals surface area contributed by atoms with Crippen LogP contribution in [0.1, 0.15) is 93.6 Å². The summed E-state index contributed by atoms with van der Waals surface area (Å²) in [5, 5.41) is 15.1. The van der Waals surface area contributed by atoms with Gasteiger partial charge in [0.15, 0.2) is 0 Å². The largest absolute Gasteiger partial charge is 0.369 e. The first-order valence-corrected chi connectivity index (χ1v) is 24.5. The normalized spacial score (nSPS) is 28.1. The van der Waals surface area contributed by atoms with Crippen molar-refractivity contribution in [1.29, 1.82) is 0 Å². The zero-order chi connectivity index (χ0) is 49.4. The minimum atomic E-state index is -1.30. The predicted molar refractivity (Wildman–Crippen MR) is 258 cm³/mol. The van der Waals surface area contributed by atoms with Crippen molar-refractivity contribution in [2.24, 2.45) is 16.8 Å². The molecule has 1 aromatic carbocycles. The Kier molecular flexibility index (Phi) is 18.0. The van der Waals surface area contributed by atoms with Gasteiger partial charge in [0.1, 0.15) is 42.3 Å². The molecule has 0 radical (unpaired) electrons. The summed E-state index contributed by atoms with van der Waals surface area (Å²) in [7, 11) is 0. The van der Waals surface area contributed by atoms with Crippen LogP contribution in [0.2, 0.25) is 0 Å². The van der Waals surface area contributed by atoms with Gasteiger partial charge >= 0.3 is 0 Å². The van der Waals surface area contributed by atoms with E-state index in [0.717, 1.165) is 5.56 Å². The molecule has 4 heterocycles. The summed E-state index contributed by atoms with van der Waals surface area (Å²) in [5.74, 6) is -4.50. The number of nitrogens with zero attached hydrogens (tertiary/aromatic N) is 3. The molecule has 4 aliphatic heterocycles. The van der Waals surface area contributed by atoms with E-state index >= 15 is 0 Å². The first-order valence-electron chi connectivity index (χ1n) is 23.5. The Morgan fingerprint density at radius 2 is 1.19 bits per heavy atom. The zero-order valence-electron chi connectivity index (χ0n) is 40.6. The molecule has 7 amide bonds. The number of carbonyl (C=O) groups is 7. The number of benzene rings is 1. The third-order valence-corrected chi connectivity index (χ3v) is 14.0.